The van der Waals surface area contributed by atoms with Crippen LogP contribution in [0.3, 0.4) is 0 Å². The predicted octanol–water partition coefficient (Wildman–Crippen LogP) is 0.301. The average Bonchev–Trinajstić information content (AvgIpc) is 2.94. The average molecular weight is 576 g/mol. The minimum absolute atomic E-state index is 0. The van der Waals surface area contributed by atoms with E-state index < -0.39 is 8.07 Å². The Hall–Kier alpha value is 0.497. The molecule has 0 N–H and O–H groups in total. The molecule has 1 aromatic carbocycles. The Labute approximate surface area is 194 Å². The van der Waals surface area contributed by atoms with E-state index in [1.54, 1.807) is 17.3 Å². The fourth-order valence-corrected chi connectivity index (χ4v) is 8.56. The maximum Gasteiger partial charge on any atom is 4.00 e. The van der Waals surface area contributed by atoms with Crippen molar-refractivity contribution >= 4 is 13.3 Å². The number of aryl methyl sites for hydroxylation is 1. The molecule has 0 spiro atoms. The third-order valence-corrected chi connectivity index (χ3v) is 11.7. The molecule has 0 saturated carbocycles. The first kappa shape index (κ1) is 28.7. The van der Waals surface area contributed by atoms with Crippen LogP contribution < -0.4 is 30.0 Å². The first-order valence-electron chi connectivity index (χ1n) is 9.26. The Balaban J connectivity index is 0. The molecule has 0 bridgehead atoms. The summed E-state index contributed by atoms with van der Waals surface area (Å²) >= 11 is 0. The largest absolute Gasteiger partial charge is 4.00 e. The van der Waals surface area contributed by atoms with Crippen molar-refractivity contribution in [3.8, 4) is 0 Å². The fraction of sp³-hybridized carbons (Fsp3) is 0.591. The Morgan fingerprint density at radius 3 is 1.96 bits per heavy atom. The van der Waals surface area contributed by atoms with Gasteiger partial charge in [-0.3, -0.25) is 6.08 Å². The molecule has 26 heavy (non-hydrogen) atoms. The van der Waals surface area contributed by atoms with Crippen molar-refractivity contribution in [3.05, 3.63) is 46.6 Å². The molecule has 2 aliphatic rings. The van der Waals surface area contributed by atoms with Crippen molar-refractivity contribution in [2.75, 3.05) is 0 Å². The van der Waals surface area contributed by atoms with Crippen molar-refractivity contribution in [3.63, 3.8) is 0 Å². The maximum atomic E-state index is 3.44. The molecule has 0 atom stereocenters. The van der Waals surface area contributed by atoms with E-state index in [0.717, 1.165) is 0 Å². The van der Waals surface area contributed by atoms with Gasteiger partial charge in [0.05, 0.1) is 0 Å². The number of halogens is 2. The summed E-state index contributed by atoms with van der Waals surface area (Å²) in [4.78, 5) is 0. The molecule has 0 radical (unpaired) electrons. The summed E-state index contributed by atoms with van der Waals surface area (Å²) in [6.45, 7) is 15.5. The minimum atomic E-state index is -0.898. The standard InChI is InChI=1S/C12H19Si.C10H15.2ClH.Hf/c1-3-7-13(8-4-9-13)12-6-5-11(2)10-12;1-7-6-10(4,5)9(3)8(7)2;;;/h5-6,10H,3-4,7-9H2,1-2H3;1-5H3;2*1H;/q2*-1;;;+4/p-2. The van der Waals surface area contributed by atoms with Crippen LogP contribution in [0.25, 0.3) is 0 Å². The second-order valence-electron chi connectivity index (χ2n) is 8.19. The van der Waals surface area contributed by atoms with Gasteiger partial charge >= 0.3 is 25.8 Å². The summed E-state index contributed by atoms with van der Waals surface area (Å²) in [6, 6.07) is 11.8. The zero-order chi connectivity index (χ0) is 17.3. The molecule has 0 unspecified atom stereocenters. The molecule has 0 aromatic heterocycles. The molecule has 0 amide bonds. The monoisotopic (exact) mass is 576 g/mol. The summed E-state index contributed by atoms with van der Waals surface area (Å²) in [7, 11) is -0.898. The van der Waals surface area contributed by atoms with Crippen molar-refractivity contribution in [2.45, 2.75) is 79.4 Å². The minimum Gasteiger partial charge on any atom is -1.00 e. The molecular weight excluding hydrogens is 542 g/mol. The van der Waals surface area contributed by atoms with Gasteiger partial charge < -0.3 is 24.8 Å². The quantitative estimate of drug-likeness (QED) is 0.360. The maximum absolute atomic E-state index is 3.44. The van der Waals surface area contributed by atoms with E-state index in [0.29, 0.717) is 0 Å². The summed E-state index contributed by atoms with van der Waals surface area (Å²) in [5.41, 5.74) is 5.86. The molecule has 1 saturated heterocycles. The van der Waals surface area contributed by atoms with E-state index in [-0.39, 0.29) is 56.1 Å². The Kier molecular flexibility index (Phi) is 12.7. The normalized spacial score (nSPS) is 19.0. The van der Waals surface area contributed by atoms with Crippen LogP contribution in [-0.2, 0) is 25.8 Å². The van der Waals surface area contributed by atoms with Gasteiger partial charge in [0.25, 0.3) is 0 Å². The smallest absolute Gasteiger partial charge is 1.00 e. The Morgan fingerprint density at radius 1 is 1.15 bits per heavy atom. The first-order chi connectivity index (χ1) is 10.7. The summed E-state index contributed by atoms with van der Waals surface area (Å²) < 4.78 is 0. The Bertz CT molecular complexity index is 622. The van der Waals surface area contributed by atoms with E-state index in [9.17, 15) is 0 Å². The van der Waals surface area contributed by atoms with Crippen LogP contribution in [0, 0.1) is 18.4 Å². The third-order valence-electron chi connectivity index (χ3n) is 6.12. The van der Waals surface area contributed by atoms with Gasteiger partial charge in [-0.25, -0.2) is 16.8 Å². The van der Waals surface area contributed by atoms with Gasteiger partial charge in [-0.15, -0.1) is 6.92 Å². The van der Waals surface area contributed by atoms with E-state index >= 15 is 0 Å². The molecule has 3 rings (SSSR count). The van der Waals surface area contributed by atoms with Gasteiger partial charge in [0, 0.05) is 8.07 Å². The summed E-state index contributed by atoms with van der Waals surface area (Å²) in [5, 5.41) is 1.75. The van der Waals surface area contributed by atoms with Crippen molar-refractivity contribution in [2.24, 2.45) is 5.41 Å². The molecule has 1 aliphatic carbocycles. The zero-order valence-electron chi connectivity index (χ0n) is 17.5. The van der Waals surface area contributed by atoms with Gasteiger partial charge in [-0.05, 0) is 0 Å². The predicted molar refractivity (Wildman–Crippen MR) is 106 cm³/mol. The first-order valence-corrected chi connectivity index (χ1v) is 11.9. The van der Waals surface area contributed by atoms with Gasteiger partial charge in [0.1, 0.15) is 0 Å². The molecule has 1 fully saturated rings. The number of allylic oxidation sites excluding steroid dienone is 4. The molecule has 1 aromatic rings. The second-order valence-corrected chi connectivity index (χ2v) is 12.8. The second kappa shape index (κ2) is 11.5. The number of hydrogen-bond acceptors (Lipinski definition) is 0. The van der Waals surface area contributed by atoms with Gasteiger partial charge in [-0.1, -0.05) is 77.9 Å². The van der Waals surface area contributed by atoms with E-state index in [4.69, 9.17) is 0 Å². The van der Waals surface area contributed by atoms with Gasteiger partial charge in [0.15, 0.2) is 0 Å². The van der Waals surface area contributed by atoms with Crippen LogP contribution in [0.2, 0.25) is 18.1 Å². The molecule has 1 heterocycles. The van der Waals surface area contributed by atoms with Gasteiger partial charge in [0.2, 0.25) is 0 Å². The van der Waals surface area contributed by atoms with Crippen molar-refractivity contribution < 1.29 is 50.7 Å². The number of rotatable bonds is 3. The Morgan fingerprint density at radius 2 is 1.73 bits per heavy atom. The summed E-state index contributed by atoms with van der Waals surface area (Å²) in [6.07, 6.45) is 6.32. The molecular formula is C22H34Cl2HfSi. The molecule has 0 nitrogen and oxygen atoms in total. The van der Waals surface area contributed by atoms with Crippen LogP contribution in [-0.4, -0.2) is 8.07 Å². The van der Waals surface area contributed by atoms with Crippen LogP contribution in [0.5, 0.6) is 0 Å². The van der Waals surface area contributed by atoms with E-state index in [2.05, 4.69) is 72.7 Å². The van der Waals surface area contributed by atoms with Crippen LogP contribution in [0.1, 0.15) is 59.9 Å². The van der Waals surface area contributed by atoms with Crippen LogP contribution >= 0.6 is 0 Å². The van der Waals surface area contributed by atoms with E-state index in [1.807, 2.05) is 0 Å². The van der Waals surface area contributed by atoms with Crippen molar-refractivity contribution in [1.29, 1.82) is 0 Å². The number of hydrogen-bond donors (Lipinski definition) is 0. The van der Waals surface area contributed by atoms with Crippen LogP contribution in [0.4, 0.5) is 0 Å². The molecule has 1 aliphatic heterocycles. The topological polar surface area (TPSA) is 0 Å². The fourth-order valence-electron chi connectivity index (χ4n) is 4.06. The third kappa shape index (κ3) is 6.26. The van der Waals surface area contributed by atoms with Gasteiger partial charge in [-0.2, -0.15) is 28.8 Å². The zero-order valence-corrected chi connectivity index (χ0v) is 23.6. The van der Waals surface area contributed by atoms with E-state index in [1.165, 1.54) is 41.2 Å². The van der Waals surface area contributed by atoms with Crippen LogP contribution in [0.15, 0.2) is 34.9 Å². The molecule has 144 valence electrons. The summed E-state index contributed by atoms with van der Waals surface area (Å²) in [5.74, 6) is 0. The SMILES string of the molecule is CC1=[C-]C(C)(C)C(C)=C1C.CCC[Si]1(c2cc[c-](C)c2)CCC1.[Cl-].[Cl-].[Hf+4]. The van der Waals surface area contributed by atoms with Crippen molar-refractivity contribution in [1.82, 2.24) is 0 Å². The molecule has 4 heteroatoms.